The zero-order chi connectivity index (χ0) is 25.0. The summed E-state index contributed by atoms with van der Waals surface area (Å²) in [6.07, 6.45) is 1.54. The molecule has 9 heteroatoms. The topological polar surface area (TPSA) is 86.0 Å². The molecule has 0 bridgehead atoms. The van der Waals surface area contributed by atoms with Crippen molar-refractivity contribution in [1.29, 1.82) is 0 Å². The lowest BCUT2D eigenvalue weighted by Crippen LogP contribution is -2.26. The van der Waals surface area contributed by atoms with Crippen LogP contribution in [0, 0.1) is 0 Å². The molecule has 0 saturated carbocycles. The molecular formula is C25H29BrN4O4. The van der Waals surface area contributed by atoms with Crippen LogP contribution in [0.3, 0.4) is 0 Å². The maximum atomic E-state index is 13.4. The number of ether oxygens (including phenoxy) is 2. The third-order valence-electron chi connectivity index (χ3n) is 5.55. The van der Waals surface area contributed by atoms with E-state index in [1.807, 2.05) is 63.2 Å². The van der Waals surface area contributed by atoms with Gasteiger partial charge in [0, 0.05) is 41.8 Å². The molecule has 0 spiro atoms. The number of rotatable bonds is 8. The number of nitrogens with zero attached hydrogens (tertiary/aromatic N) is 4. The van der Waals surface area contributed by atoms with Crippen molar-refractivity contribution < 1.29 is 14.3 Å². The molecule has 1 heterocycles. The van der Waals surface area contributed by atoms with Gasteiger partial charge in [-0.1, -0.05) is 29.8 Å². The molecule has 180 valence electrons. The molecule has 0 aliphatic rings. The maximum absolute atomic E-state index is 13.4. The summed E-state index contributed by atoms with van der Waals surface area (Å²) in [7, 11) is 5.13. The first-order valence-electron chi connectivity index (χ1n) is 11.0. The summed E-state index contributed by atoms with van der Waals surface area (Å²) in [5.74, 6) is 0.554. The summed E-state index contributed by atoms with van der Waals surface area (Å²) in [5.41, 5.74) is 1.87. The van der Waals surface area contributed by atoms with Gasteiger partial charge in [-0.25, -0.2) is 9.78 Å². The summed E-state index contributed by atoms with van der Waals surface area (Å²) in [6.45, 7) is 5.67. The summed E-state index contributed by atoms with van der Waals surface area (Å²) in [4.78, 5) is 31.9. The van der Waals surface area contributed by atoms with Crippen LogP contribution < -0.4 is 15.2 Å². The predicted molar refractivity (Wildman–Crippen MR) is 138 cm³/mol. The smallest absolute Gasteiger partial charge is 0.346 e. The van der Waals surface area contributed by atoms with Crippen molar-refractivity contribution in [3.05, 3.63) is 62.6 Å². The van der Waals surface area contributed by atoms with E-state index in [0.29, 0.717) is 28.0 Å². The molecule has 34 heavy (non-hydrogen) atoms. The van der Waals surface area contributed by atoms with Gasteiger partial charge >= 0.3 is 5.97 Å². The quantitative estimate of drug-likeness (QED) is 0.314. The first-order chi connectivity index (χ1) is 16.2. The highest BCUT2D eigenvalue weighted by Crippen LogP contribution is 2.26. The highest BCUT2D eigenvalue weighted by atomic mass is 79.9. The fourth-order valence-corrected chi connectivity index (χ4v) is 3.67. The Bertz CT molecular complexity index is 1290. The maximum Gasteiger partial charge on any atom is 0.346 e. The lowest BCUT2D eigenvalue weighted by molar-refractivity contribution is -0.147. The minimum absolute atomic E-state index is 0.0177. The first-order valence-corrected chi connectivity index (χ1v) is 11.8. The molecule has 0 aliphatic heterocycles. The van der Waals surface area contributed by atoms with Gasteiger partial charge in [-0.3, -0.25) is 4.79 Å². The third kappa shape index (κ3) is 5.47. The average Bonchev–Trinajstić information content (AvgIpc) is 2.82. The van der Waals surface area contributed by atoms with Gasteiger partial charge in [0.15, 0.2) is 6.10 Å². The Hall–Kier alpha value is -3.20. The second-order valence-corrected chi connectivity index (χ2v) is 9.12. The number of carbonyl (C=O) groups excluding carboxylic acids is 1. The SMILES string of the molecule is CC[C@H](C)c1nc2ccc(Br)cc2c(=O)n1N=Cc1ccc(N(C)C)cc1O[C@H](C)C(=O)OC. The molecule has 1 aromatic heterocycles. The molecule has 2 atom stereocenters. The minimum atomic E-state index is -0.812. The molecule has 3 aromatic rings. The zero-order valence-electron chi connectivity index (χ0n) is 20.2. The van der Waals surface area contributed by atoms with Crippen LogP contribution in [-0.4, -0.2) is 49.2 Å². The van der Waals surface area contributed by atoms with Gasteiger partial charge in [0.05, 0.1) is 24.2 Å². The second kappa shape index (κ2) is 10.8. The number of esters is 1. The van der Waals surface area contributed by atoms with Crippen molar-refractivity contribution in [3.8, 4) is 5.75 Å². The molecule has 0 saturated heterocycles. The fraction of sp³-hybridized carbons (Fsp3) is 0.360. The number of halogens is 1. The van der Waals surface area contributed by atoms with Gasteiger partial charge in [-0.05, 0) is 43.7 Å². The molecule has 0 amide bonds. The van der Waals surface area contributed by atoms with Crippen molar-refractivity contribution in [2.45, 2.75) is 39.2 Å². The summed E-state index contributed by atoms with van der Waals surface area (Å²) in [5, 5.41) is 4.99. The Balaban J connectivity index is 2.14. The number of anilines is 1. The number of methoxy groups -OCH3 is 1. The normalized spacial score (nSPS) is 13.1. The van der Waals surface area contributed by atoms with Crippen molar-refractivity contribution in [2.24, 2.45) is 5.10 Å². The van der Waals surface area contributed by atoms with Crippen LogP contribution in [0.2, 0.25) is 0 Å². The van der Waals surface area contributed by atoms with Gasteiger partial charge in [0.1, 0.15) is 11.6 Å². The Morgan fingerprint density at radius 1 is 1.24 bits per heavy atom. The van der Waals surface area contributed by atoms with Gasteiger partial charge < -0.3 is 14.4 Å². The van der Waals surface area contributed by atoms with E-state index in [1.165, 1.54) is 11.8 Å². The second-order valence-electron chi connectivity index (χ2n) is 8.20. The highest BCUT2D eigenvalue weighted by molar-refractivity contribution is 9.10. The molecule has 0 N–H and O–H groups in total. The number of hydrogen-bond acceptors (Lipinski definition) is 7. The molecule has 0 aliphatic carbocycles. The number of aromatic nitrogens is 2. The van der Waals surface area contributed by atoms with Crippen molar-refractivity contribution in [3.63, 3.8) is 0 Å². The molecule has 3 rings (SSSR count). The number of hydrogen-bond donors (Lipinski definition) is 0. The summed E-state index contributed by atoms with van der Waals surface area (Å²) in [6, 6.07) is 11.0. The van der Waals surface area contributed by atoms with Gasteiger partial charge in [0.25, 0.3) is 5.56 Å². The first kappa shape index (κ1) is 25.4. The molecular weight excluding hydrogens is 500 g/mol. The Kier molecular flexibility index (Phi) is 8.09. The van der Waals surface area contributed by atoms with E-state index in [-0.39, 0.29) is 11.5 Å². The van der Waals surface area contributed by atoms with Crippen LogP contribution in [0.1, 0.15) is 44.5 Å². The van der Waals surface area contributed by atoms with E-state index in [0.717, 1.165) is 16.6 Å². The Morgan fingerprint density at radius 3 is 2.62 bits per heavy atom. The largest absolute Gasteiger partial charge is 0.478 e. The van der Waals surface area contributed by atoms with Crippen LogP contribution in [0.4, 0.5) is 5.69 Å². The van der Waals surface area contributed by atoms with E-state index in [4.69, 9.17) is 14.5 Å². The Labute approximate surface area is 207 Å². The molecule has 0 unspecified atom stereocenters. The number of benzene rings is 2. The lowest BCUT2D eigenvalue weighted by atomic mass is 10.1. The molecule has 0 radical (unpaired) electrons. The van der Waals surface area contributed by atoms with E-state index in [2.05, 4.69) is 21.0 Å². The van der Waals surface area contributed by atoms with Crippen molar-refractivity contribution in [1.82, 2.24) is 9.66 Å². The molecule has 2 aromatic carbocycles. The molecule has 8 nitrogen and oxygen atoms in total. The van der Waals surface area contributed by atoms with Crippen LogP contribution in [0.15, 0.2) is 50.8 Å². The van der Waals surface area contributed by atoms with Crippen molar-refractivity contribution >= 4 is 44.7 Å². The van der Waals surface area contributed by atoms with Crippen LogP contribution >= 0.6 is 15.9 Å². The summed E-state index contributed by atoms with van der Waals surface area (Å²) < 4.78 is 12.8. The van der Waals surface area contributed by atoms with Gasteiger partial charge in [0.2, 0.25) is 0 Å². The van der Waals surface area contributed by atoms with E-state index >= 15 is 0 Å². The van der Waals surface area contributed by atoms with Crippen LogP contribution in [0.5, 0.6) is 5.75 Å². The Morgan fingerprint density at radius 2 is 1.97 bits per heavy atom. The highest BCUT2D eigenvalue weighted by Gasteiger charge is 2.18. The standard InChI is InChI=1S/C25H29BrN4O4/c1-7-15(2)23-28-21-11-9-18(26)12-20(21)24(31)30(23)27-14-17-8-10-19(29(4)5)13-22(17)34-16(3)25(32)33-6/h8-16H,7H2,1-6H3/t15-,16+/m0/s1. The van der Waals surface area contributed by atoms with Crippen LogP contribution in [-0.2, 0) is 9.53 Å². The minimum Gasteiger partial charge on any atom is -0.478 e. The van der Waals surface area contributed by atoms with Crippen LogP contribution in [0.25, 0.3) is 10.9 Å². The molecule has 0 fully saturated rings. The monoisotopic (exact) mass is 528 g/mol. The number of fused-ring (bicyclic) bond motifs is 1. The fourth-order valence-electron chi connectivity index (χ4n) is 3.31. The third-order valence-corrected chi connectivity index (χ3v) is 6.04. The van der Waals surface area contributed by atoms with Gasteiger partial charge in [-0.15, -0.1) is 0 Å². The van der Waals surface area contributed by atoms with Gasteiger partial charge in [-0.2, -0.15) is 9.78 Å². The average molecular weight is 529 g/mol. The number of carbonyl (C=O) groups is 1. The summed E-state index contributed by atoms with van der Waals surface area (Å²) >= 11 is 3.42. The van der Waals surface area contributed by atoms with E-state index in [9.17, 15) is 9.59 Å². The lowest BCUT2D eigenvalue weighted by Gasteiger charge is -2.18. The predicted octanol–water partition coefficient (Wildman–Crippen LogP) is 4.56. The van der Waals surface area contributed by atoms with Crippen molar-refractivity contribution in [2.75, 3.05) is 26.1 Å². The zero-order valence-corrected chi connectivity index (χ0v) is 21.8. The van der Waals surface area contributed by atoms with E-state index in [1.54, 1.807) is 19.2 Å². The van der Waals surface area contributed by atoms with E-state index < -0.39 is 12.1 Å².